The van der Waals surface area contributed by atoms with E-state index in [1.807, 2.05) is 42.5 Å². The van der Waals surface area contributed by atoms with Crippen LogP contribution in [0, 0.1) is 0 Å². The lowest BCUT2D eigenvalue weighted by atomic mass is 10.0. The van der Waals surface area contributed by atoms with E-state index in [4.69, 9.17) is 30.9 Å². The number of carboxylic acid groups (broad SMARTS) is 1. The molecular weight excluding hydrogens is 422 g/mol. The highest BCUT2D eigenvalue weighted by molar-refractivity contribution is 6.03. The molecule has 2 aromatic carbocycles. The van der Waals surface area contributed by atoms with Crippen molar-refractivity contribution in [1.29, 1.82) is 0 Å². The molecule has 2 unspecified atom stereocenters. The van der Waals surface area contributed by atoms with E-state index in [0.29, 0.717) is 23.8 Å². The number of benzene rings is 2. The second kappa shape index (κ2) is 11.8. The zero-order chi connectivity index (χ0) is 23.6. The van der Waals surface area contributed by atoms with Gasteiger partial charge in [-0.15, -0.1) is 0 Å². The van der Waals surface area contributed by atoms with Gasteiger partial charge in [-0.25, -0.2) is 0 Å². The number of allylic oxidation sites excluding steroid dienone is 1. The van der Waals surface area contributed by atoms with Crippen LogP contribution in [0.2, 0.25) is 0 Å². The number of carbonyl (C=O) groups is 1. The summed E-state index contributed by atoms with van der Waals surface area (Å²) in [6, 6.07) is 14.2. The van der Waals surface area contributed by atoms with E-state index in [0.717, 1.165) is 23.1 Å². The van der Waals surface area contributed by atoms with Crippen LogP contribution in [0.5, 0.6) is 11.5 Å². The molecule has 8 nitrogen and oxygen atoms in total. The predicted octanol–water partition coefficient (Wildman–Crippen LogP) is 3.33. The minimum absolute atomic E-state index is 0.0284. The third kappa shape index (κ3) is 7.48. The Morgan fingerprint density at radius 1 is 1.12 bits per heavy atom. The van der Waals surface area contributed by atoms with Gasteiger partial charge in [-0.1, -0.05) is 47.6 Å². The second-order valence-electron chi connectivity index (χ2n) is 7.63. The molecule has 0 saturated heterocycles. The number of nitrogens with zero attached hydrogens (tertiary/aromatic N) is 1. The van der Waals surface area contributed by atoms with Crippen LogP contribution in [0.25, 0.3) is 0 Å². The summed E-state index contributed by atoms with van der Waals surface area (Å²) in [5, 5.41) is 12.9. The van der Waals surface area contributed by atoms with Crippen LogP contribution in [-0.2, 0) is 16.2 Å². The Morgan fingerprint density at radius 2 is 1.79 bits per heavy atom. The van der Waals surface area contributed by atoms with Gasteiger partial charge in [0.2, 0.25) is 0 Å². The van der Waals surface area contributed by atoms with Gasteiger partial charge in [0.05, 0.1) is 6.42 Å². The van der Waals surface area contributed by atoms with Crippen molar-refractivity contribution < 1.29 is 24.2 Å². The largest absolute Gasteiger partial charge is 0.489 e. The first kappa shape index (κ1) is 24.0. The van der Waals surface area contributed by atoms with Gasteiger partial charge in [-0.05, 0) is 47.4 Å². The fourth-order valence-electron chi connectivity index (χ4n) is 3.24. The van der Waals surface area contributed by atoms with Gasteiger partial charge in [-0.2, -0.15) is 0 Å². The summed E-state index contributed by atoms with van der Waals surface area (Å²) in [5.41, 5.74) is 15.1. The quantitative estimate of drug-likeness (QED) is 0.353. The van der Waals surface area contributed by atoms with Crippen molar-refractivity contribution in [1.82, 2.24) is 0 Å². The van der Waals surface area contributed by atoms with E-state index in [2.05, 4.69) is 5.16 Å². The van der Waals surface area contributed by atoms with E-state index in [-0.39, 0.29) is 19.1 Å². The number of nitrogens with two attached hydrogens (primary N) is 2. The maximum Gasteiger partial charge on any atom is 0.305 e. The monoisotopic (exact) mass is 451 g/mol. The Hall–Kier alpha value is -3.62. The van der Waals surface area contributed by atoms with Gasteiger partial charge in [-0.3, -0.25) is 4.79 Å². The van der Waals surface area contributed by atoms with E-state index >= 15 is 0 Å². The summed E-state index contributed by atoms with van der Waals surface area (Å²) in [7, 11) is 1.51. The summed E-state index contributed by atoms with van der Waals surface area (Å²) < 4.78 is 11.7. The van der Waals surface area contributed by atoms with Crippen molar-refractivity contribution in [2.24, 2.45) is 16.6 Å². The molecule has 0 radical (unpaired) electrons. The fourth-order valence-corrected chi connectivity index (χ4v) is 3.24. The summed E-state index contributed by atoms with van der Waals surface area (Å²) in [5.74, 6) is 0.456. The van der Waals surface area contributed by atoms with Gasteiger partial charge in [0.1, 0.15) is 37.5 Å². The van der Waals surface area contributed by atoms with Crippen LogP contribution in [0.4, 0.5) is 0 Å². The molecule has 0 bridgehead atoms. The first-order valence-corrected chi connectivity index (χ1v) is 10.6. The third-order valence-electron chi connectivity index (χ3n) is 5.07. The topological polar surface area (TPSA) is 129 Å². The Balaban J connectivity index is 1.50. The van der Waals surface area contributed by atoms with E-state index < -0.39 is 12.0 Å². The highest BCUT2D eigenvalue weighted by atomic mass is 16.6. The zero-order valence-corrected chi connectivity index (χ0v) is 18.5. The molecule has 0 heterocycles. The Bertz CT molecular complexity index is 1010. The lowest BCUT2D eigenvalue weighted by Crippen LogP contribution is -2.21. The molecule has 174 valence electrons. The molecule has 33 heavy (non-hydrogen) atoms. The van der Waals surface area contributed by atoms with E-state index in [9.17, 15) is 4.79 Å². The molecule has 8 heteroatoms. The molecule has 0 aliphatic heterocycles. The zero-order valence-electron chi connectivity index (χ0n) is 18.5. The molecule has 2 atom stereocenters. The van der Waals surface area contributed by atoms with Crippen molar-refractivity contribution in [3.05, 3.63) is 83.5 Å². The lowest BCUT2D eigenvalue weighted by Gasteiger charge is -2.14. The smallest absolute Gasteiger partial charge is 0.305 e. The predicted molar refractivity (Wildman–Crippen MR) is 126 cm³/mol. The standard InChI is InChI=1S/C25H29N3O5/c1-31-28-24(19-4-8-20(26)9-5-19)16-33-21-10-2-17(3-11-21)15-32-22-12-6-18(7-13-22)23(27)14-25(29)30/h2-8,10-13,20,23H,9,14-16,26-27H2,1H3,(H,29,30)/b28-24+. The number of hydrogen-bond donors (Lipinski definition) is 3. The van der Waals surface area contributed by atoms with Crippen LogP contribution in [0.15, 0.2) is 77.5 Å². The highest BCUT2D eigenvalue weighted by Gasteiger charge is 2.12. The maximum absolute atomic E-state index is 10.8. The molecule has 2 aromatic rings. The van der Waals surface area contributed by atoms with Crippen LogP contribution in [0.1, 0.15) is 30.0 Å². The van der Waals surface area contributed by atoms with Crippen molar-refractivity contribution in [2.45, 2.75) is 31.5 Å². The highest BCUT2D eigenvalue weighted by Crippen LogP contribution is 2.20. The van der Waals surface area contributed by atoms with Crippen LogP contribution in [-0.4, -0.2) is 36.5 Å². The van der Waals surface area contributed by atoms with Gasteiger partial charge >= 0.3 is 5.97 Å². The normalized spacial score (nSPS) is 16.6. The molecule has 1 aliphatic carbocycles. The van der Waals surface area contributed by atoms with Gasteiger partial charge < -0.3 is 30.9 Å². The lowest BCUT2D eigenvalue weighted by molar-refractivity contribution is -0.137. The Labute approximate surface area is 193 Å². The third-order valence-corrected chi connectivity index (χ3v) is 5.07. The minimum atomic E-state index is -0.926. The summed E-state index contributed by atoms with van der Waals surface area (Å²) in [6.07, 6.45) is 6.53. The molecule has 3 rings (SSSR count). The molecule has 0 amide bonds. The summed E-state index contributed by atoms with van der Waals surface area (Å²) in [6.45, 7) is 0.653. The van der Waals surface area contributed by atoms with Crippen LogP contribution >= 0.6 is 0 Å². The molecule has 5 N–H and O–H groups in total. The van der Waals surface area contributed by atoms with Gasteiger partial charge in [0, 0.05) is 12.1 Å². The van der Waals surface area contributed by atoms with Crippen molar-refractivity contribution in [3.8, 4) is 11.5 Å². The molecule has 0 fully saturated rings. The Kier molecular flexibility index (Phi) is 8.63. The fraction of sp³-hybridized carbons (Fsp3) is 0.280. The van der Waals surface area contributed by atoms with Crippen LogP contribution in [0.3, 0.4) is 0 Å². The number of ether oxygens (including phenoxy) is 2. The number of aliphatic carboxylic acids is 1. The maximum atomic E-state index is 10.8. The molecule has 0 aromatic heterocycles. The molecule has 0 spiro atoms. The minimum Gasteiger partial charge on any atom is -0.489 e. The van der Waals surface area contributed by atoms with E-state index in [1.165, 1.54) is 7.11 Å². The number of hydrogen-bond acceptors (Lipinski definition) is 7. The first-order valence-electron chi connectivity index (χ1n) is 10.6. The Morgan fingerprint density at radius 3 is 2.39 bits per heavy atom. The SMILES string of the molecule is CO/N=C(\COc1ccc(COc2ccc(C(N)CC(=O)O)cc2)cc1)C1=CCC(N)C=C1. The van der Waals surface area contributed by atoms with Crippen molar-refractivity contribution >= 4 is 11.7 Å². The van der Waals surface area contributed by atoms with E-state index in [1.54, 1.807) is 24.3 Å². The van der Waals surface area contributed by atoms with Crippen LogP contribution < -0.4 is 20.9 Å². The average Bonchev–Trinajstić information content (AvgIpc) is 2.81. The second-order valence-corrected chi connectivity index (χ2v) is 7.63. The van der Waals surface area contributed by atoms with Gasteiger partial charge in [0.25, 0.3) is 0 Å². The van der Waals surface area contributed by atoms with Gasteiger partial charge in [0.15, 0.2) is 0 Å². The molecular formula is C25H29N3O5. The van der Waals surface area contributed by atoms with Crippen molar-refractivity contribution in [3.63, 3.8) is 0 Å². The summed E-state index contributed by atoms with van der Waals surface area (Å²) >= 11 is 0. The molecule has 0 saturated carbocycles. The number of oxime groups is 1. The number of rotatable bonds is 11. The number of carboxylic acids is 1. The first-order chi connectivity index (χ1) is 15.9. The summed E-state index contributed by atoms with van der Waals surface area (Å²) in [4.78, 5) is 15.7. The molecule has 1 aliphatic rings. The van der Waals surface area contributed by atoms with Crippen molar-refractivity contribution in [2.75, 3.05) is 13.7 Å². The average molecular weight is 452 g/mol.